The zero-order valence-electron chi connectivity index (χ0n) is 11.3. The molecular formula is C15H15Cl2N2O2. The average Bonchev–Trinajstić information content (AvgIpc) is 2.48. The van der Waals surface area contributed by atoms with Crippen molar-refractivity contribution in [2.24, 2.45) is 11.7 Å². The summed E-state index contributed by atoms with van der Waals surface area (Å²) in [4.78, 5) is 24.9. The lowest BCUT2D eigenvalue weighted by Crippen LogP contribution is -2.41. The highest BCUT2D eigenvalue weighted by atomic mass is 35.5. The third-order valence-corrected chi connectivity index (χ3v) is 4.34. The molecule has 2 rings (SSSR count). The first kappa shape index (κ1) is 15.9. The van der Waals surface area contributed by atoms with Gasteiger partial charge in [-0.15, -0.1) is 0 Å². The number of carbonyl (C=O) groups excluding carboxylic acids is 2. The van der Waals surface area contributed by atoms with E-state index in [1.54, 1.807) is 23.1 Å². The molecule has 1 heterocycles. The summed E-state index contributed by atoms with van der Waals surface area (Å²) in [5, 5.41) is 0.698. The lowest BCUT2D eigenvalue weighted by molar-refractivity contribution is -0.130. The first-order chi connectivity index (χ1) is 9.99. The van der Waals surface area contributed by atoms with Crippen LogP contribution in [-0.2, 0) is 9.59 Å². The average molecular weight is 326 g/mol. The van der Waals surface area contributed by atoms with Crippen molar-refractivity contribution in [1.29, 1.82) is 0 Å². The number of halogens is 2. The van der Waals surface area contributed by atoms with Crippen LogP contribution in [0, 0.1) is 12.0 Å². The molecule has 1 aliphatic heterocycles. The summed E-state index contributed by atoms with van der Waals surface area (Å²) in [7, 11) is 0. The minimum absolute atomic E-state index is 0.113. The van der Waals surface area contributed by atoms with Crippen molar-refractivity contribution in [2.45, 2.75) is 12.8 Å². The second kappa shape index (κ2) is 6.96. The highest BCUT2D eigenvalue weighted by molar-refractivity contribution is 6.42. The standard InChI is InChI=1S/C15H15Cl2N2O2/c16-12-3-1-2-10(14(12)17)4-5-13(20)19-8-6-11(7-9-19)15(18)21/h1-2,4-5,11H,6-9H2,(H2,18,21)/b5-4+. The molecule has 1 radical (unpaired) electrons. The molecule has 2 N–H and O–H groups in total. The quantitative estimate of drug-likeness (QED) is 0.868. The second-order valence-corrected chi connectivity index (χ2v) is 5.65. The summed E-state index contributed by atoms with van der Waals surface area (Å²) in [6.45, 7) is 1.07. The van der Waals surface area contributed by atoms with Gasteiger partial charge in [0.2, 0.25) is 11.8 Å². The molecular weight excluding hydrogens is 311 g/mol. The number of likely N-dealkylation sites (tertiary alicyclic amines) is 1. The maximum absolute atomic E-state index is 12.1. The number of benzene rings is 1. The third-order valence-electron chi connectivity index (χ3n) is 3.53. The number of rotatable bonds is 3. The van der Waals surface area contributed by atoms with Gasteiger partial charge in [-0.3, -0.25) is 9.59 Å². The lowest BCUT2D eigenvalue weighted by atomic mass is 9.96. The van der Waals surface area contributed by atoms with E-state index in [1.165, 1.54) is 6.08 Å². The maximum Gasteiger partial charge on any atom is 0.246 e. The maximum atomic E-state index is 12.1. The van der Waals surface area contributed by atoms with E-state index in [1.807, 2.05) is 0 Å². The van der Waals surface area contributed by atoms with Crippen LogP contribution in [0.4, 0.5) is 0 Å². The van der Waals surface area contributed by atoms with Gasteiger partial charge in [-0.2, -0.15) is 0 Å². The van der Waals surface area contributed by atoms with Gasteiger partial charge in [0.15, 0.2) is 0 Å². The van der Waals surface area contributed by atoms with E-state index in [0.717, 1.165) is 0 Å². The smallest absolute Gasteiger partial charge is 0.246 e. The van der Waals surface area contributed by atoms with Gasteiger partial charge in [0, 0.05) is 31.1 Å². The number of primary amides is 1. The topological polar surface area (TPSA) is 63.4 Å². The normalized spacial score (nSPS) is 16.4. The number of piperidine rings is 1. The molecule has 0 bridgehead atoms. The second-order valence-electron chi connectivity index (χ2n) is 4.90. The van der Waals surface area contributed by atoms with Crippen LogP contribution < -0.4 is 5.73 Å². The van der Waals surface area contributed by atoms with Gasteiger partial charge in [-0.05, 0) is 24.5 Å². The largest absolute Gasteiger partial charge is 0.369 e. The summed E-state index contributed by atoms with van der Waals surface area (Å²) >= 11 is 11.9. The molecule has 1 aliphatic rings. The van der Waals surface area contributed by atoms with Gasteiger partial charge >= 0.3 is 0 Å². The molecule has 0 atom stereocenters. The van der Waals surface area contributed by atoms with Crippen LogP contribution in [0.15, 0.2) is 18.2 Å². The van der Waals surface area contributed by atoms with E-state index in [0.29, 0.717) is 41.5 Å². The van der Waals surface area contributed by atoms with Crippen LogP contribution in [0.5, 0.6) is 0 Å². The summed E-state index contributed by atoms with van der Waals surface area (Å²) < 4.78 is 0. The van der Waals surface area contributed by atoms with Crippen molar-refractivity contribution >= 4 is 41.1 Å². The fourth-order valence-corrected chi connectivity index (χ4v) is 2.60. The van der Waals surface area contributed by atoms with Crippen LogP contribution in [0.2, 0.25) is 10.0 Å². The molecule has 4 nitrogen and oxygen atoms in total. The lowest BCUT2D eigenvalue weighted by Gasteiger charge is -2.29. The molecule has 1 aromatic rings. The molecule has 0 unspecified atom stereocenters. The molecule has 6 heteroatoms. The van der Waals surface area contributed by atoms with E-state index < -0.39 is 0 Å². The number of hydrogen-bond acceptors (Lipinski definition) is 2. The number of nitrogens with zero attached hydrogens (tertiary/aromatic N) is 1. The Kier molecular flexibility index (Phi) is 5.26. The Bertz CT molecular complexity index is 579. The molecule has 0 spiro atoms. The first-order valence-corrected chi connectivity index (χ1v) is 7.36. The van der Waals surface area contributed by atoms with Gasteiger partial charge in [-0.1, -0.05) is 35.3 Å². The Morgan fingerprint density at radius 1 is 1.33 bits per heavy atom. The van der Waals surface area contributed by atoms with Crippen molar-refractivity contribution < 1.29 is 9.59 Å². The van der Waals surface area contributed by atoms with Crippen molar-refractivity contribution in [3.8, 4) is 0 Å². The Labute approximate surface area is 133 Å². The number of nitrogens with two attached hydrogens (primary N) is 1. The van der Waals surface area contributed by atoms with Crippen molar-refractivity contribution in [3.63, 3.8) is 0 Å². The van der Waals surface area contributed by atoms with Crippen molar-refractivity contribution in [3.05, 3.63) is 39.9 Å². The Hall–Kier alpha value is -1.52. The van der Waals surface area contributed by atoms with Crippen molar-refractivity contribution in [2.75, 3.05) is 13.1 Å². The predicted molar refractivity (Wildman–Crippen MR) is 82.8 cm³/mol. The van der Waals surface area contributed by atoms with Gasteiger partial charge in [0.25, 0.3) is 0 Å². The monoisotopic (exact) mass is 325 g/mol. The fourth-order valence-electron chi connectivity index (χ4n) is 2.25. The van der Waals surface area contributed by atoms with Gasteiger partial charge in [0.05, 0.1) is 10.0 Å². The molecule has 1 fully saturated rings. The molecule has 0 saturated carbocycles. The highest BCUT2D eigenvalue weighted by Crippen LogP contribution is 2.26. The first-order valence-electron chi connectivity index (χ1n) is 6.61. The van der Waals surface area contributed by atoms with Gasteiger partial charge < -0.3 is 10.6 Å². The molecule has 2 amide bonds. The van der Waals surface area contributed by atoms with Crippen LogP contribution in [-0.4, -0.2) is 29.8 Å². The van der Waals surface area contributed by atoms with Crippen LogP contribution >= 0.6 is 23.2 Å². The van der Waals surface area contributed by atoms with Crippen LogP contribution in [0.1, 0.15) is 18.4 Å². The Balaban J connectivity index is 1.97. The fraction of sp³-hybridized carbons (Fsp3) is 0.333. The Morgan fingerprint density at radius 3 is 2.62 bits per heavy atom. The predicted octanol–water partition coefficient (Wildman–Crippen LogP) is 2.53. The zero-order chi connectivity index (χ0) is 15.4. The highest BCUT2D eigenvalue weighted by Gasteiger charge is 2.24. The van der Waals surface area contributed by atoms with E-state index in [-0.39, 0.29) is 17.7 Å². The molecule has 21 heavy (non-hydrogen) atoms. The third kappa shape index (κ3) is 3.99. The molecule has 0 aromatic heterocycles. The van der Waals surface area contributed by atoms with Crippen molar-refractivity contribution in [1.82, 2.24) is 4.90 Å². The van der Waals surface area contributed by atoms with E-state index in [4.69, 9.17) is 28.9 Å². The van der Waals surface area contributed by atoms with E-state index in [9.17, 15) is 9.59 Å². The Morgan fingerprint density at radius 2 is 2.00 bits per heavy atom. The van der Waals surface area contributed by atoms with Gasteiger partial charge in [-0.25, -0.2) is 0 Å². The number of carbonyl (C=O) groups is 2. The minimum Gasteiger partial charge on any atom is -0.369 e. The SMILES string of the molecule is NC(=O)C1CCN(C(=O)/C=C/c2cc[c]c(Cl)c2Cl)CC1. The summed E-state index contributed by atoms with van der Waals surface area (Å²) in [5.74, 6) is -0.534. The van der Waals surface area contributed by atoms with E-state index >= 15 is 0 Å². The molecule has 111 valence electrons. The summed E-state index contributed by atoms with van der Waals surface area (Å²) in [6.07, 6.45) is 4.32. The minimum atomic E-state index is -0.292. The number of hydrogen-bond donors (Lipinski definition) is 1. The van der Waals surface area contributed by atoms with Crippen LogP contribution in [0.3, 0.4) is 0 Å². The molecule has 1 aromatic carbocycles. The summed E-state index contributed by atoms with van der Waals surface area (Å²) in [5.41, 5.74) is 5.94. The molecule has 1 saturated heterocycles. The number of amides is 2. The van der Waals surface area contributed by atoms with Crippen LogP contribution in [0.25, 0.3) is 6.08 Å². The van der Waals surface area contributed by atoms with E-state index in [2.05, 4.69) is 6.07 Å². The zero-order valence-corrected chi connectivity index (χ0v) is 12.8. The summed E-state index contributed by atoms with van der Waals surface area (Å²) in [6, 6.07) is 6.15. The van der Waals surface area contributed by atoms with Gasteiger partial charge in [0.1, 0.15) is 0 Å². The molecule has 0 aliphatic carbocycles.